The van der Waals surface area contributed by atoms with Gasteiger partial charge in [0.2, 0.25) is 5.91 Å². The highest BCUT2D eigenvalue weighted by Gasteiger charge is 2.29. The molecular weight excluding hydrogens is 442 g/mol. The van der Waals surface area contributed by atoms with Gasteiger partial charge in [-0.1, -0.05) is 52.8 Å². The van der Waals surface area contributed by atoms with Crippen molar-refractivity contribution in [2.75, 3.05) is 16.8 Å². The quantitative estimate of drug-likeness (QED) is 0.335. The van der Waals surface area contributed by atoms with Crippen LogP contribution in [-0.4, -0.2) is 21.9 Å². The minimum Gasteiger partial charge on any atom is -0.539 e. The van der Waals surface area contributed by atoms with E-state index in [-0.39, 0.29) is 44.9 Å². The monoisotopic (exact) mass is 457 g/mol. The molecule has 0 aliphatic carbocycles. The fourth-order valence-electron chi connectivity index (χ4n) is 3.37. The molecule has 33 heavy (non-hydrogen) atoms. The van der Waals surface area contributed by atoms with E-state index in [1.165, 1.54) is 7.05 Å². The number of rotatable bonds is 5. The Bertz CT molecular complexity index is 1460. The number of nitrogens with one attached hydrogen (secondary N) is 1. The van der Waals surface area contributed by atoms with Crippen LogP contribution in [0.1, 0.15) is 11.1 Å². The number of aromatic nitrogens is 3. The second-order valence-electron chi connectivity index (χ2n) is 6.85. The molecule has 11 heteroatoms. The summed E-state index contributed by atoms with van der Waals surface area (Å²) < 4.78 is 5.75. The van der Waals surface area contributed by atoms with E-state index in [0.717, 1.165) is 27.2 Å². The summed E-state index contributed by atoms with van der Waals surface area (Å²) in [6, 6.07) is 17.1. The maximum absolute atomic E-state index is 12.7. The van der Waals surface area contributed by atoms with Gasteiger partial charge in [-0.25, -0.2) is 4.98 Å². The lowest BCUT2D eigenvalue weighted by molar-refractivity contribution is -0.730. The third-order valence-electron chi connectivity index (χ3n) is 4.82. The van der Waals surface area contributed by atoms with Crippen molar-refractivity contribution in [3.63, 3.8) is 0 Å². The maximum atomic E-state index is 12.7. The highest BCUT2D eigenvalue weighted by molar-refractivity contribution is 8.00. The summed E-state index contributed by atoms with van der Waals surface area (Å²) in [7, 11) is 1.43. The van der Waals surface area contributed by atoms with Gasteiger partial charge in [-0.3, -0.25) is 4.79 Å². The number of anilines is 2. The van der Waals surface area contributed by atoms with Crippen LogP contribution in [0.25, 0.3) is 22.0 Å². The van der Waals surface area contributed by atoms with Crippen molar-refractivity contribution in [3.05, 3.63) is 53.6 Å². The number of thioether (sulfide) groups is 1. The molecule has 0 spiro atoms. The van der Waals surface area contributed by atoms with Gasteiger partial charge < -0.3 is 20.7 Å². The molecule has 0 bridgehead atoms. The molecule has 4 aromatic rings. The Balaban J connectivity index is 1.66. The number of nitriles is 2. The average Bonchev–Trinajstić information content (AvgIpc) is 3.15. The Labute approximate surface area is 191 Å². The summed E-state index contributed by atoms with van der Waals surface area (Å²) in [5, 5.41) is 39.9. The second kappa shape index (κ2) is 8.86. The van der Waals surface area contributed by atoms with E-state index in [0.29, 0.717) is 5.69 Å². The zero-order valence-electron chi connectivity index (χ0n) is 17.2. The summed E-state index contributed by atoms with van der Waals surface area (Å²) in [6.45, 7) is 0. The molecule has 3 N–H and O–H groups in total. The zero-order chi connectivity index (χ0) is 23.5. The minimum absolute atomic E-state index is 0.0294. The van der Waals surface area contributed by atoms with Gasteiger partial charge in [0.15, 0.2) is 13.0 Å². The van der Waals surface area contributed by atoms with Crippen LogP contribution in [0.5, 0.6) is 5.95 Å². The van der Waals surface area contributed by atoms with Crippen molar-refractivity contribution in [3.8, 4) is 29.3 Å². The summed E-state index contributed by atoms with van der Waals surface area (Å²) in [5.41, 5.74) is 6.23. The molecule has 2 heterocycles. The summed E-state index contributed by atoms with van der Waals surface area (Å²) in [6.07, 6.45) is 0. The third-order valence-corrected chi connectivity index (χ3v) is 5.79. The van der Waals surface area contributed by atoms with Crippen molar-refractivity contribution in [1.82, 2.24) is 10.3 Å². The lowest BCUT2D eigenvalue weighted by Crippen LogP contribution is -2.32. The Hall–Kier alpha value is -4.61. The van der Waals surface area contributed by atoms with E-state index in [1.807, 2.05) is 48.5 Å². The highest BCUT2D eigenvalue weighted by atomic mass is 32.2. The fraction of sp³-hybridized carbons (Fsp3) is 0.0909. The van der Waals surface area contributed by atoms with Crippen LogP contribution in [0.15, 0.2) is 52.0 Å². The van der Waals surface area contributed by atoms with E-state index in [4.69, 9.17) is 5.73 Å². The van der Waals surface area contributed by atoms with E-state index >= 15 is 0 Å². The van der Waals surface area contributed by atoms with Crippen LogP contribution in [0, 0.1) is 22.7 Å². The lowest BCUT2D eigenvalue weighted by atomic mass is 10.0. The number of benzene rings is 2. The summed E-state index contributed by atoms with van der Waals surface area (Å²) >= 11 is 0.964. The Morgan fingerprint density at radius 2 is 1.94 bits per heavy atom. The van der Waals surface area contributed by atoms with Gasteiger partial charge in [0.25, 0.3) is 5.69 Å². The second-order valence-corrected chi connectivity index (χ2v) is 7.81. The predicted octanol–water partition coefficient (Wildman–Crippen LogP) is 1.84. The number of hydrogen-bond donors (Lipinski definition) is 2. The van der Waals surface area contributed by atoms with Crippen molar-refractivity contribution in [2.45, 2.75) is 5.03 Å². The molecular formula is C22H15N7O3S. The molecule has 0 radical (unpaired) electrons. The van der Waals surface area contributed by atoms with Crippen LogP contribution < -0.4 is 20.8 Å². The summed E-state index contributed by atoms with van der Waals surface area (Å²) in [4.78, 5) is 16.8. The first-order valence-electron chi connectivity index (χ1n) is 9.52. The highest BCUT2D eigenvalue weighted by Crippen LogP contribution is 2.36. The lowest BCUT2D eigenvalue weighted by Gasteiger charge is -2.11. The molecule has 4 rings (SSSR count). The molecule has 10 nitrogen and oxygen atoms in total. The largest absolute Gasteiger partial charge is 0.539 e. The number of carbonyl (C=O) groups is 1. The summed E-state index contributed by atoms with van der Waals surface area (Å²) in [5.74, 6) is -1.42. The molecule has 162 valence electrons. The van der Waals surface area contributed by atoms with Gasteiger partial charge in [0.05, 0.1) is 22.2 Å². The molecule has 0 atom stereocenters. The smallest absolute Gasteiger partial charge is 0.266 e. The molecule has 2 aromatic heterocycles. The van der Waals surface area contributed by atoms with Gasteiger partial charge in [-0.2, -0.15) is 10.5 Å². The molecule has 0 saturated carbocycles. The number of nitrogen functional groups attached to an aromatic ring is 1. The van der Waals surface area contributed by atoms with Gasteiger partial charge in [-0.15, -0.1) is 0 Å². The van der Waals surface area contributed by atoms with Crippen molar-refractivity contribution in [1.29, 1.82) is 10.5 Å². The van der Waals surface area contributed by atoms with Crippen LogP contribution in [0.3, 0.4) is 0 Å². The zero-order valence-corrected chi connectivity index (χ0v) is 18.0. The number of pyridine rings is 1. The molecule has 0 unspecified atom stereocenters. The van der Waals surface area contributed by atoms with E-state index in [1.54, 1.807) is 6.07 Å². The Morgan fingerprint density at radius 1 is 1.21 bits per heavy atom. The van der Waals surface area contributed by atoms with Crippen LogP contribution >= 0.6 is 11.8 Å². The van der Waals surface area contributed by atoms with Crippen molar-refractivity contribution < 1.29 is 19.1 Å². The number of aryl methyl sites for hydroxylation is 1. The number of hydrogen-bond acceptors (Lipinski definition) is 9. The van der Waals surface area contributed by atoms with Crippen LogP contribution in [0.2, 0.25) is 0 Å². The number of nitrogens with two attached hydrogens (primary N) is 1. The van der Waals surface area contributed by atoms with E-state index < -0.39 is 5.95 Å². The average molecular weight is 457 g/mol. The number of nitrogens with zero attached hydrogens (tertiary/aromatic N) is 5. The van der Waals surface area contributed by atoms with Crippen molar-refractivity contribution in [2.24, 2.45) is 7.05 Å². The maximum Gasteiger partial charge on any atom is 0.266 e. The van der Waals surface area contributed by atoms with Crippen molar-refractivity contribution >= 4 is 39.9 Å². The number of carbonyl (C=O) groups excluding carboxylic acids is 1. The topological polar surface area (TPSA) is 169 Å². The Kier molecular flexibility index (Phi) is 5.81. The molecule has 0 aliphatic rings. The molecule has 0 saturated heterocycles. The van der Waals surface area contributed by atoms with E-state index in [2.05, 4.69) is 20.1 Å². The van der Waals surface area contributed by atoms with E-state index in [9.17, 15) is 20.4 Å². The molecule has 0 aliphatic heterocycles. The van der Waals surface area contributed by atoms with Crippen LogP contribution in [0.4, 0.5) is 11.5 Å². The third kappa shape index (κ3) is 4.01. The first-order chi connectivity index (χ1) is 15.9. The molecule has 0 fully saturated rings. The van der Waals surface area contributed by atoms with Gasteiger partial charge in [-0.05, 0) is 11.5 Å². The number of fused-ring (bicyclic) bond motifs is 1. The van der Waals surface area contributed by atoms with Crippen LogP contribution in [-0.2, 0) is 11.8 Å². The molecule has 2 aromatic carbocycles. The minimum atomic E-state index is -0.833. The predicted molar refractivity (Wildman–Crippen MR) is 118 cm³/mol. The SMILES string of the molecule is C[n+]1noc([O-])c1-c1c(C#N)c(N)nc(SCC(=O)Nc2cccc3ccccc23)c1C#N. The first-order valence-corrected chi connectivity index (χ1v) is 10.5. The standard InChI is InChI=1S/C22H15N7O3S/c1-29-19(22(31)32-28-29)18-14(9-23)20(25)27-21(15(18)10-24)33-11-17(30)26-16-8-4-6-12-5-2-3-7-13(12)16/h2-8H,11H2,1H3,(H3-,25,26,27,28,30,31). The Morgan fingerprint density at radius 3 is 2.64 bits per heavy atom. The van der Waals surface area contributed by atoms with Gasteiger partial charge in [0.1, 0.15) is 28.5 Å². The fourth-order valence-corrected chi connectivity index (χ4v) is 4.17. The number of amides is 1. The van der Waals surface area contributed by atoms with Gasteiger partial charge >= 0.3 is 0 Å². The molecule has 1 amide bonds. The normalized spacial score (nSPS) is 10.5. The first kappa shape index (κ1) is 21.6. The van der Waals surface area contributed by atoms with Gasteiger partial charge in [0, 0.05) is 11.1 Å².